The van der Waals surface area contributed by atoms with Gasteiger partial charge in [-0.15, -0.1) is 0 Å². The number of halogens is 1. The van der Waals surface area contributed by atoms with Crippen molar-refractivity contribution in [2.45, 2.75) is 12.5 Å². The minimum Gasteiger partial charge on any atom is -0.472 e. The van der Waals surface area contributed by atoms with Gasteiger partial charge in [-0.1, -0.05) is 28.1 Å². The van der Waals surface area contributed by atoms with Crippen LogP contribution in [-0.2, 0) is 6.42 Å². The first-order valence-corrected chi connectivity index (χ1v) is 6.02. The monoisotopic (exact) mass is 279 g/mol. The maximum absolute atomic E-state index is 5.08. The first-order valence-electron chi connectivity index (χ1n) is 5.23. The highest BCUT2D eigenvalue weighted by atomic mass is 79.9. The van der Waals surface area contributed by atoms with E-state index in [-0.39, 0.29) is 0 Å². The Bertz CT molecular complexity index is 439. The van der Waals surface area contributed by atoms with Gasteiger partial charge in [0.25, 0.3) is 0 Å². The molecule has 1 aromatic carbocycles. The van der Waals surface area contributed by atoms with Crippen molar-refractivity contribution in [3.05, 3.63) is 58.5 Å². The summed E-state index contributed by atoms with van der Waals surface area (Å²) in [6.07, 6.45) is 4.44. The lowest BCUT2D eigenvalue weighted by atomic mass is 10.0. The van der Waals surface area contributed by atoms with Gasteiger partial charge >= 0.3 is 0 Å². The molecular formula is C13H14BrNO. The Balaban J connectivity index is 2.16. The third kappa shape index (κ3) is 2.74. The second kappa shape index (κ2) is 5.32. The molecular weight excluding hydrogens is 266 g/mol. The molecule has 3 heteroatoms. The fourth-order valence-corrected chi connectivity index (χ4v) is 2.17. The smallest absolute Gasteiger partial charge is 0.0935 e. The van der Waals surface area contributed by atoms with E-state index < -0.39 is 0 Å². The van der Waals surface area contributed by atoms with Gasteiger partial charge in [0.1, 0.15) is 0 Å². The van der Waals surface area contributed by atoms with Crippen LogP contribution in [0.2, 0.25) is 0 Å². The van der Waals surface area contributed by atoms with Crippen LogP contribution >= 0.6 is 15.9 Å². The van der Waals surface area contributed by atoms with E-state index in [1.807, 2.05) is 19.2 Å². The number of benzene rings is 1. The summed E-state index contributed by atoms with van der Waals surface area (Å²) >= 11 is 3.49. The zero-order valence-electron chi connectivity index (χ0n) is 9.11. The minimum absolute atomic E-state index is 0.315. The van der Waals surface area contributed by atoms with Gasteiger partial charge in [-0.2, -0.15) is 0 Å². The van der Waals surface area contributed by atoms with Gasteiger partial charge in [0.05, 0.1) is 12.5 Å². The van der Waals surface area contributed by atoms with E-state index in [9.17, 15) is 0 Å². The molecule has 0 aliphatic rings. The molecule has 0 bridgehead atoms. The number of likely N-dealkylation sites (N-methyl/N-ethyl adjacent to an activating group) is 1. The summed E-state index contributed by atoms with van der Waals surface area (Å²) in [6.45, 7) is 0. The summed E-state index contributed by atoms with van der Waals surface area (Å²) in [5.74, 6) is 0. The normalized spacial score (nSPS) is 12.6. The third-order valence-corrected chi connectivity index (χ3v) is 3.11. The molecule has 2 nitrogen and oxygen atoms in total. The van der Waals surface area contributed by atoms with Crippen molar-refractivity contribution in [1.29, 1.82) is 0 Å². The molecule has 84 valence electrons. The van der Waals surface area contributed by atoms with Gasteiger partial charge in [-0.05, 0) is 42.8 Å². The molecule has 1 N–H and O–H groups in total. The Hall–Kier alpha value is -1.06. The largest absolute Gasteiger partial charge is 0.472 e. The van der Waals surface area contributed by atoms with Crippen molar-refractivity contribution >= 4 is 15.9 Å². The van der Waals surface area contributed by atoms with Crippen molar-refractivity contribution in [2.75, 3.05) is 7.05 Å². The maximum Gasteiger partial charge on any atom is 0.0935 e. The minimum atomic E-state index is 0.315. The third-order valence-electron chi connectivity index (χ3n) is 2.62. The molecule has 0 radical (unpaired) electrons. The van der Waals surface area contributed by atoms with Gasteiger partial charge in [-0.25, -0.2) is 0 Å². The highest BCUT2D eigenvalue weighted by molar-refractivity contribution is 9.10. The van der Waals surface area contributed by atoms with Gasteiger partial charge in [0.15, 0.2) is 0 Å². The van der Waals surface area contributed by atoms with Crippen molar-refractivity contribution < 1.29 is 4.42 Å². The fraction of sp³-hybridized carbons (Fsp3) is 0.231. The Morgan fingerprint density at radius 2 is 2.25 bits per heavy atom. The summed E-state index contributed by atoms with van der Waals surface area (Å²) in [5, 5.41) is 3.32. The van der Waals surface area contributed by atoms with E-state index in [0.717, 1.165) is 10.9 Å². The zero-order valence-corrected chi connectivity index (χ0v) is 10.7. The van der Waals surface area contributed by atoms with Gasteiger partial charge in [0, 0.05) is 10.5 Å². The number of rotatable bonds is 4. The average Bonchev–Trinajstić information content (AvgIpc) is 2.78. The molecule has 16 heavy (non-hydrogen) atoms. The predicted molar refractivity (Wildman–Crippen MR) is 68.4 cm³/mol. The summed E-state index contributed by atoms with van der Waals surface area (Å²) in [5.41, 5.74) is 2.48. The van der Waals surface area contributed by atoms with Crippen LogP contribution in [0.1, 0.15) is 17.2 Å². The molecule has 0 saturated heterocycles. The SMILES string of the molecule is CNC(Cc1ccoc1)c1cccc(Br)c1. The lowest BCUT2D eigenvalue weighted by molar-refractivity contribution is 0.551. The predicted octanol–water partition coefficient (Wildman–Crippen LogP) is 3.55. The zero-order chi connectivity index (χ0) is 11.4. The van der Waals surface area contributed by atoms with Crippen molar-refractivity contribution in [2.24, 2.45) is 0 Å². The summed E-state index contributed by atoms with van der Waals surface area (Å²) in [7, 11) is 1.98. The topological polar surface area (TPSA) is 25.2 Å². The summed E-state index contributed by atoms with van der Waals surface area (Å²) in [4.78, 5) is 0. The lowest BCUT2D eigenvalue weighted by Crippen LogP contribution is -2.18. The highest BCUT2D eigenvalue weighted by Gasteiger charge is 2.10. The standard InChI is InChI=1S/C13H14BrNO/c1-15-13(7-10-5-6-16-9-10)11-3-2-4-12(14)8-11/h2-6,8-9,13,15H,7H2,1H3. The van der Waals surface area contributed by atoms with E-state index in [4.69, 9.17) is 4.42 Å². The Kier molecular flexibility index (Phi) is 3.80. The molecule has 1 unspecified atom stereocenters. The second-order valence-electron chi connectivity index (χ2n) is 3.73. The molecule has 2 rings (SSSR count). The molecule has 1 heterocycles. The van der Waals surface area contributed by atoms with Crippen LogP contribution in [0.5, 0.6) is 0 Å². The van der Waals surface area contributed by atoms with Crippen LogP contribution in [-0.4, -0.2) is 7.05 Å². The molecule has 0 aliphatic heterocycles. The molecule has 1 atom stereocenters. The van der Waals surface area contributed by atoms with Crippen molar-refractivity contribution in [3.63, 3.8) is 0 Å². The summed E-state index contributed by atoms with van der Waals surface area (Å²) in [6, 6.07) is 10.7. The van der Waals surface area contributed by atoms with Crippen LogP contribution in [0.3, 0.4) is 0 Å². The first kappa shape index (κ1) is 11.4. The molecule has 0 aliphatic carbocycles. The molecule has 0 spiro atoms. The van der Waals surface area contributed by atoms with Crippen LogP contribution in [0.4, 0.5) is 0 Å². The number of hydrogen-bond acceptors (Lipinski definition) is 2. The van der Waals surface area contributed by atoms with Crippen LogP contribution in [0.15, 0.2) is 51.7 Å². The Labute approximate surface area is 104 Å². The summed E-state index contributed by atoms with van der Waals surface area (Å²) < 4.78 is 6.19. The molecule has 1 aromatic heterocycles. The lowest BCUT2D eigenvalue weighted by Gasteiger charge is -2.15. The van der Waals surface area contributed by atoms with Crippen LogP contribution in [0.25, 0.3) is 0 Å². The van der Waals surface area contributed by atoms with E-state index in [1.54, 1.807) is 12.5 Å². The number of nitrogens with one attached hydrogen (secondary N) is 1. The molecule has 0 fully saturated rings. The van der Waals surface area contributed by atoms with Crippen molar-refractivity contribution in [1.82, 2.24) is 5.32 Å². The molecule has 0 saturated carbocycles. The fourth-order valence-electron chi connectivity index (χ4n) is 1.75. The Morgan fingerprint density at radius 1 is 1.38 bits per heavy atom. The highest BCUT2D eigenvalue weighted by Crippen LogP contribution is 2.21. The van der Waals surface area contributed by atoms with E-state index in [0.29, 0.717) is 6.04 Å². The quantitative estimate of drug-likeness (QED) is 0.926. The van der Waals surface area contributed by atoms with E-state index in [1.165, 1.54) is 11.1 Å². The van der Waals surface area contributed by atoms with Gasteiger partial charge in [-0.3, -0.25) is 0 Å². The van der Waals surface area contributed by atoms with Crippen molar-refractivity contribution in [3.8, 4) is 0 Å². The number of hydrogen-bond donors (Lipinski definition) is 1. The van der Waals surface area contributed by atoms with Gasteiger partial charge < -0.3 is 9.73 Å². The number of furan rings is 1. The average molecular weight is 280 g/mol. The van der Waals surface area contributed by atoms with Crippen LogP contribution in [0, 0.1) is 0 Å². The van der Waals surface area contributed by atoms with Crippen LogP contribution < -0.4 is 5.32 Å². The van der Waals surface area contributed by atoms with E-state index in [2.05, 4.69) is 39.4 Å². The Morgan fingerprint density at radius 3 is 2.88 bits per heavy atom. The molecule has 0 amide bonds. The van der Waals surface area contributed by atoms with E-state index >= 15 is 0 Å². The van der Waals surface area contributed by atoms with Gasteiger partial charge in [0.2, 0.25) is 0 Å². The maximum atomic E-state index is 5.08. The first-order chi connectivity index (χ1) is 7.79. The second-order valence-corrected chi connectivity index (χ2v) is 4.65. The molecule has 2 aromatic rings.